The van der Waals surface area contributed by atoms with Gasteiger partial charge < -0.3 is 15.1 Å². The van der Waals surface area contributed by atoms with Crippen molar-refractivity contribution in [2.45, 2.75) is 51.7 Å². The summed E-state index contributed by atoms with van der Waals surface area (Å²) in [4.78, 5) is 29.3. The van der Waals surface area contributed by atoms with Crippen LogP contribution in [0.5, 0.6) is 0 Å². The summed E-state index contributed by atoms with van der Waals surface area (Å²) in [6.07, 6.45) is 2.03. The number of piperazine rings is 1. The molecule has 0 aliphatic carbocycles. The number of para-hydroxylation sites is 1. The Bertz CT molecular complexity index is 614. The molecule has 2 atom stereocenters. The number of carbonyl (C=O) groups is 2. The van der Waals surface area contributed by atoms with Crippen LogP contribution >= 0.6 is 0 Å². The van der Waals surface area contributed by atoms with E-state index in [1.807, 2.05) is 49.9 Å². The van der Waals surface area contributed by atoms with Crippen molar-refractivity contribution >= 4 is 17.5 Å². The minimum absolute atomic E-state index is 0.0545. The van der Waals surface area contributed by atoms with Crippen LogP contribution in [0.2, 0.25) is 0 Å². The van der Waals surface area contributed by atoms with Gasteiger partial charge in [-0.15, -0.1) is 0 Å². The monoisotopic (exact) mass is 315 g/mol. The van der Waals surface area contributed by atoms with Crippen molar-refractivity contribution in [3.63, 3.8) is 0 Å². The van der Waals surface area contributed by atoms with Gasteiger partial charge in [0.05, 0.1) is 5.56 Å². The smallest absolute Gasteiger partial charge is 0.256 e. The van der Waals surface area contributed by atoms with Crippen molar-refractivity contribution in [2.75, 3.05) is 18.4 Å². The Labute approximate surface area is 137 Å². The van der Waals surface area contributed by atoms with Gasteiger partial charge in [0.15, 0.2) is 0 Å². The molecule has 0 unspecified atom stereocenters. The summed E-state index contributed by atoms with van der Waals surface area (Å²) in [7, 11) is 0. The van der Waals surface area contributed by atoms with Crippen molar-refractivity contribution in [2.24, 2.45) is 0 Å². The highest BCUT2D eigenvalue weighted by Gasteiger charge is 2.42. The molecule has 0 bridgehead atoms. The molecule has 2 saturated heterocycles. The predicted octanol–water partition coefficient (Wildman–Crippen LogP) is 2.34. The molecule has 2 aliphatic heterocycles. The van der Waals surface area contributed by atoms with Gasteiger partial charge in [-0.3, -0.25) is 9.59 Å². The summed E-state index contributed by atoms with van der Waals surface area (Å²) >= 11 is 0. The molecular formula is C18H25N3O2. The van der Waals surface area contributed by atoms with Gasteiger partial charge in [-0.25, -0.2) is 0 Å². The third-order valence-electron chi connectivity index (χ3n) is 4.76. The molecule has 0 radical (unpaired) electrons. The standard InChI is InChI=1S/C18H25N3O2/c1-12(2)19-16-9-5-4-8-15(16)18(23)21-11-14-7-6-10-20(14)17(22)13(21)3/h4-5,8-9,12-14,19H,6-7,10-11H2,1-3H3/t13-,14+/m0/s1. The van der Waals surface area contributed by atoms with E-state index in [4.69, 9.17) is 0 Å². The molecule has 2 amide bonds. The first-order valence-corrected chi connectivity index (χ1v) is 8.46. The van der Waals surface area contributed by atoms with Gasteiger partial charge in [0, 0.05) is 30.9 Å². The van der Waals surface area contributed by atoms with Crippen LogP contribution < -0.4 is 5.32 Å². The first-order chi connectivity index (χ1) is 11.0. The van der Waals surface area contributed by atoms with E-state index in [9.17, 15) is 9.59 Å². The molecule has 1 aromatic rings. The second kappa shape index (κ2) is 6.22. The maximum absolute atomic E-state index is 13.1. The molecule has 23 heavy (non-hydrogen) atoms. The second-order valence-electron chi connectivity index (χ2n) is 6.81. The highest BCUT2D eigenvalue weighted by atomic mass is 16.2. The van der Waals surface area contributed by atoms with E-state index >= 15 is 0 Å². The molecule has 124 valence electrons. The van der Waals surface area contributed by atoms with Gasteiger partial charge in [-0.05, 0) is 45.7 Å². The minimum atomic E-state index is -0.385. The second-order valence-corrected chi connectivity index (χ2v) is 6.81. The zero-order valence-corrected chi connectivity index (χ0v) is 14.1. The Kier molecular flexibility index (Phi) is 4.28. The zero-order chi connectivity index (χ0) is 16.6. The lowest BCUT2D eigenvalue weighted by atomic mass is 10.0. The third kappa shape index (κ3) is 2.92. The van der Waals surface area contributed by atoms with E-state index in [1.54, 1.807) is 4.90 Å². The fraction of sp³-hybridized carbons (Fsp3) is 0.556. The minimum Gasteiger partial charge on any atom is -0.382 e. The van der Waals surface area contributed by atoms with Crippen LogP contribution in [-0.2, 0) is 4.79 Å². The third-order valence-corrected chi connectivity index (χ3v) is 4.76. The Morgan fingerprint density at radius 2 is 2.04 bits per heavy atom. The number of hydrogen-bond acceptors (Lipinski definition) is 3. The largest absolute Gasteiger partial charge is 0.382 e. The molecule has 5 heteroatoms. The van der Waals surface area contributed by atoms with E-state index in [0.29, 0.717) is 12.1 Å². The number of amides is 2. The Morgan fingerprint density at radius 3 is 2.78 bits per heavy atom. The molecule has 1 N–H and O–H groups in total. The van der Waals surface area contributed by atoms with Crippen LogP contribution in [0, 0.1) is 0 Å². The van der Waals surface area contributed by atoms with E-state index in [-0.39, 0.29) is 29.9 Å². The lowest BCUT2D eigenvalue weighted by Crippen LogP contribution is -2.60. The highest BCUT2D eigenvalue weighted by Crippen LogP contribution is 2.28. The van der Waals surface area contributed by atoms with Crippen LogP contribution in [0.15, 0.2) is 24.3 Å². The van der Waals surface area contributed by atoms with Gasteiger partial charge in [0.25, 0.3) is 5.91 Å². The Morgan fingerprint density at radius 1 is 1.30 bits per heavy atom. The van der Waals surface area contributed by atoms with Gasteiger partial charge in [0.1, 0.15) is 6.04 Å². The number of hydrogen-bond donors (Lipinski definition) is 1. The Balaban J connectivity index is 1.87. The fourth-order valence-electron chi connectivity index (χ4n) is 3.59. The number of nitrogens with one attached hydrogen (secondary N) is 1. The van der Waals surface area contributed by atoms with E-state index in [2.05, 4.69) is 5.32 Å². The van der Waals surface area contributed by atoms with E-state index in [0.717, 1.165) is 25.1 Å². The number of anilines is 1. The van der Waals surface area contributed by atoms with Crippen molar-refractivity contribution in [1.29, 1.82) is 0 Å². The van der Waals surface area contributed by atoms with Crippen LogP contribution in [-0.4, -0.2) is 52.8 Å². The maximum Gasteiger partial charge on any atom is 0.256 e. The number of carbonyl (C=O) groups excluding carboxylic acids is 2. The lowest BCUT2D eigenvalue weighted by molar-refractivity contribution is -0.141. The van der Waals surface area contributed by atoms with Crippen LogP contribution in [0.4, 0.5) is 5.69 Å². The molecule has 0 spiro atoms. The normalized spacial score (nSPS) is 24.1. The lowest BCUT2D eigenvalue weighted by Gasteiger charge is -2.41. The molecule has 3 rings (SSSR count). The maximum atomic E-state index is 13.1. The number of rotatable bonds is 3. The quantitative estimate of drug-likeness (QED) is 0.931. The van der Waals surface area contributed by atoms with Crippen molar-refractivity contribution in [3.05, 3.63) is 29.8 Å². The van der Waals surface area contributed by atoms with Crippen LogP contribution in [0.3, 0.4) is 0 Å². The molecule has 0 saturated carbocycles. The van der Waals surface area contributed by atoms with Crippen LogP contribution in [0.1, 0.15) is 44.0 Å². The number of fused-ring (bicyclic) bond motifs is 1. The first kappa shape index (κ1) is 15.8. The SMILES string of the molecule is CC(C)Nc1ccccc1C(=O)N1C[C@H]2CCCN2C(=O)[C@@H]1C. The van der Waals surface area contributed by atoms with Crippen molar-refractivity contribution in [1.82, 2.24) is 9.80 Å². The van der Waals surface area contributed by atoms with Crippen molar-refractivity contribution < 1.29 is 9.59 Å². The molecule has 2 heterocycles. The predicted molar refractivity (Wildman–Crippen MR) is 90.4 cm³/mol. The van der Waals surface area contributed by atoms with Gasteiger partial charge in [0.2, 0.25) is 5.91 Å². The Hall–Kier alpha value is -2.04. The van der Waals surface area contributed by atoms with E-state index < -0.39 is 0 Å². The molecule has 5 nitrogen and oxygen atoms in total. The summed E-state index contributed by atoms with van der Waals surface area (Å²) in [6, 6.07) is 7.60. The number of benzene rings is 1. The van der Waals surface area contributed by atoms with Crippen molar-refractivity contribution in [3.8, 4) is 0 Å². The summed E-state index contributed by atoms with van der Waals surface area (Å²) < 4.78 is 0. The summed E-state index contributed by atoms with van der Waals surface area (Å²) in [5.41, 5.74) is 1.48. The summed E-state index contributed by atoms with van der Waals surface area (Å²) in [5, 5.41) is 3.32. The van der Waals surface area contributed by atoms with Crippen LogP contribution in [0.25, 0.3) is 0 Å². The average Bonchev–Trinajstić information content (AvgIpc) is 2.99. The topological polar surface area (TPSA) is 52.7 Å². The molecule has 1 aromatic carbocycles. The highest BCUT2D eigenvalue weighted by molar-refractivity contribution is 6.02. The van der Waals surface area contributed by atoms with Gasteiger partial charge in [-0.2, -0.15) is 0 Å². The summed E-state index contributed by atoms with van der Waals surface area (Å²) in [6.45, 7) is 7.41. The number of nitrogens with zero attached hydrogens (tertiary/aromatic N) is 2. The van der Waals surface area contributed by atoms with E-state index in [1.165, 1.54) is 0 Å². The molecule has 2 aliphatic rings. The first-order valence-electron chi connectivity index (χ1n) is 8.46. The average molecular weight is 315 g/mol. The molecule has 2 fully saturated rings. The fourth-order valence-corrected chi connectivity index (χ4v) is 3.59. The zero-order valence-electron chi connectivity index (χ0n) is 14.1. The molecule has 0 aromatic heterocycles. The molecular weight excluding hydrogens is 290 g/mol. The summed E-state index contributed by atoms with van der Waals surface area (Å²) in [5.74, 6) is 0.0301. The van der Waals surface area contributed by atoms with Gasteiger partial charge in [-0.1, -0.05) is 12.1 Å². The van der Waals surface area contributed by atoms with Gasteiger partial charge >= 0.3 is 0 Å².